The van der Waals surface area contributed by atoms with Gasteiger partial charge in [0, 0.05) is 27.7 Å². The molecule has 48 heavy (non-hydrogen) atoms. The largest absolute Gasteiger partial charge is 0.455 e. The van der Waals surface area contributed by atoms with Gasteiger partial charge in [0.2, 0.25) is 0 Å². The van der Waals surface area contributed by atoms with Crippen LogP contribution in [0.5, 0.6) is 0 Å². The SMILES string of the molecule is c1ccc(-c2ccc(-c3ccc(N(c4ccccc4)c4ccc(-c5ccccc5)cc4)c4c3oc3c5ccccc5ccc34)cc2)cc1. The van der Waals surface area contributed by atoms with E-state index in [1.165, 1.54) is 22.3 Å². The van der Waals surface area contributed by atoms with Crippen LogP contribution in [-0.2, 0) is 0 Å². The minimum atomic E-state index is 0.883. The molecule has 0 aliphatic carbocycles. The fourth-order valence-corrected chi connectivity index (χ4v) is 6.91. The lowest BCUT2D eigenvalue weighted by atomic mass is 9.97. The van der Waals surface area contributed by atoms with Crippen LogP contribution in [0.2, 0.25) is 0 Å². The maximum atomic E-state index is 6.98. The highest BCUT2D eigenvalue weighted by molar-refractivity contribution is 6.22. The van der Waals surface area contributed by atoms with Gasteiger partial charge in [0.15, 0.2) is 0 Å². The third-order valence-electron chi connectivity index (χ3n) is 9.28. The zero-order valence-corrected chi connectivity index (χ0v) is 26.3. The summed E-state index contributed by atoms with van der Waals surface area (Å²) in [6.45, 7) is 0. The lowest BCUT2D eigenvalue weighted by molar-refractivity contribution is 0.674. The molecule has 9 aromatic rings. The van der Waals surface area contributed by atoms with Gasteiger partial charge < -0.3 is 9.32 Å². The molecular weight excluding hydrogens is 583 g/mol. The van der Waals surface area contributed by atoms with E-state index in [0.29, 0.717) is 0 Å². The molecule has 0 aliphatic heterocycles. The Morgan fingerprint density at radius 2 is 0.854 bits per heavy atom. The first-order valence-corrected chi connectivity index (χ1v) is 16.4. The molecule has 1 aromatic heterocycles. The highest BCUT2D eigenvalue weighted by Crippen LogP contribution is 2.47. The lowest BCUT2D eigenvalue weighted by Crippen LogP contribution is -2.10. The van der Waals surface area contributed by atoms with Gasteiger partial charge in [-0.25, -0.2) is 0 Å². The van der Waals surface area contributed by atoms with Crippen molar-refractivity contribution in [2.75, 3.05) is 4.90 Å². The van der Waals surface area contributed by atoms with Gasteiger partial charge in [-0.3, -0.25) is 0 Å². The van der Waals surface area contributed by atoms with E-state index >= 15 is 0 Å². The van der Waals surface area contributed by atoms with Crippen molar-refractivity contribution in [2.24, 2.45) is 0 Å². The molecule has 9 rings (SSSR count). The van der Waals surface area contributed by atoms with E-state index in [4.69, 9.17) is 4.42 Å². The number of benzene rings is 8. The molecule has 0 bridgehead atoms. The number of nitrogens with zero attached hydrogens (tertiary/aromatic N) is 1. The Labute approximate surface area is 279 Å². The van der Waals surface area contributed by atoms with Gasteiger partial charge >= 0.3 is 0 Å². The van der Waals surface area contributed by atoms with Gasteiger partial charge in [-0.05, 0) is 75.7 Å². The van der Waals surface area contributed by atoms with Crippen molar-refractivity contribution in [2.45, 2.75) is 0 Å². The molecule has 1 heterocycles. The van der Waals surface area contributed by atoms with Crippen LogP contribution in [-0.4, -0.2) is 0 Å². The fraction of sp³-hybridized carbons (Fsp3) is 0. The number of para-hydroxylation sites is 1. The third-order valence-corrected chi connectivity index (χ3v) is 9.28. The maximum Gasteiger partial charge on any atom is 0.145 e. The van der Waals surface area contributed by atoms with E-state index in [1.54, 1.807) is 0 Å². The van der Waals surface area contributed by atoms with Gasteiger partial charge in [0.1, 0.15) is 11.2 Å². The molecule has 0 saturated heterocycles. The number of anilines is 3. The Balaban J connectivity index is 1.28. The van der Waals surface area contributed by atoms with Gasteiger partial charge in [-0.2, -0.15) is 0 Å². The van der Waals surface area contributed by atoms with Gasteiger partial charge in [0.05, 0.1) is 11.1 Å². The Bertz CT molecular complexity index is 2520. The van der Waals surface area contributed by atoms with Crippen molar-refractivity contribution < 1.29 is 4.42 Å². The molecule has 0 fully saturated rings. The standard InChI is InChI=1S/C46H31NO/c1-4-12-32(13-5-1)34-20-22-37(23-21-34)41-30-31-43(44-42-29-26-36-16-10-11-19-40(36)45(42)48-46(41)44)47(38-17-8-3-9-18-38)39-27-24-35(25-28-39)33-14-6-2-7-15-33/h1-31H. The average Bonchev–Trinajstić information content (AvgIpc) is 3.57. The van der Waals surface area contributed by atoms with Crippen LogP contribution in [0.15, 0.2) is 192 Å². The Hall–Kier alpha value is -6.38. The molecule has 226 valence electrons. The van der Waals surface area contributed by atoms with E-state index in [9.17, 15) is 0 Å². The molecule has 0 atom stereocenters. The van der Waals surface area contributed by atoms with E-state index in [2.05, 4.69) is 193 Å². The Morgan fingerprint density at radius 1 is 0.333 bits per heavy atom. The van der Waals surface area contributed by atoms with Gasteiger partial charge in [-0.1, -0.05) is 146 Å². The summed E-state index contributed by atoms with van der Waals surface area (Å²) >= 11 is 0. The van der Waals surface area contributed by atoms with Crippen molar-refractivity contribution in [3.05, 3.63) is 188 Å². The van der Waals surface area contributed by atoms with E-state index in [-0.39, 0.29) is 0 Å². The summed E-state index contributed by atoms with van der Waals surface area (Å²) in [6, 6.07) is 66.7. The lowest BCUT2D eigenvalue weighted by Gasteiger charge is -2.27. The number of fused-ring (bicyclic) bond motifs is 5. The highest BCUT2D eigenvalue weighted by Gasteiger charge is 2.23. The van der Waals surface area contributed by atoms with E-state index in [1.807, 2.05) is 0 Å². The van der Waals surface area contributed by atoms with Crippen LogP contribution in [0.25, 0.3) is 66.1 Å². The third kappa shape index (κ3) is 4.83. The molecule has 0 spiro atoms. The molecule has 0 unspecified atom stereocenters. The number of rotatable bonds is 6. The molecule has 2 nitrogen and oxygen atoms in total. The molecule has 2 heteroatoms. The van der Waals surface area contributed by atoms with Crippen LogP contribution < -0.4 is 4.90 Å². The zero-order chi connectivity index (χ0) is 31.9. The smallest absolute Gasteiger partial charge is 0.145 e. The predicted octanol–water partition coefficient (Wildman–Crippen LogP) is 13.2. The summed E-state index contributed by atoms with van der Waals surface area (Å²) in [4.78, 5) is 2.35. The minimum Gasteiger partial charge on any atom is -0.455 e. The first-order valence-electron chi connectivity index (χ1n) is 16.4. The average molecular weight is 614 g/mol. The van der Waals surface area contributed by atoms with Crippen molar-refractivity contribution in [3.63, 3.8) is 0 Å². The topological polar surface area (TPSA) is 16.4 Å². The molecule has 0 aliphatic rings. The number of furan rings is 1. The number of hydrogen-bond donors (Lipinski definition) is 0. The molecule has 8 aromatic carbocycles. The van der Waals surface area contributed by atoms with Crippen molar-refractivity contribution in [1.29, 1.82) is 0 Å². The molecule has 0 amide bonds. The molecule has 0 radical (unpaired) electrons. The Morgan fingerprint density at radius 3 is 1.52 bits per heavy atom. The summed E-state index contributed by atoms with van der Waals surface area (Å²) < 4.78 is 6.98. The van der Waals surface area contributed by atoms with E-state index < -0.39 is 0 Å². The maximum absolute atomic E-state index is 6.98. The first-order chi connectivity index (χ1) is 23.8. The monoisotopic (exact) mass is 613 g/mol. The summed E-state index contributed by atoms with van der Waals surface area (Å²) in [6.07, 6.45) is 0. The van der Waals surface area contributed by atoms with Crippen LogP contribution in [0.1, 0.15) is 0 Å². The van der Waals surface area contributed by atoms with Gasteiger partial charge in [0.25, 0.3) is 0 Å². The molecule has 0 saturated carbocycles. The quantitative estimate of drug-likeness (QED) is 0.185. The summed E-state index contributed by atoms with van der Waals surface area (Å²) in [5.74, 6) is 0. The van der Waals surface area contributed by atoms with Crippen LogP contribution >= 0.6 is 0 Å². The zero-order valence-electron chi connectivity index (χ0n) is 26.3. The van der Waals surface area contributed by atoms with Crippen LogP contribution in [0, 0.1) is 0 Å². The highest BCUT2D eigenvalue weighted by atomic mass is 16.3. The predicted molar refractivity (Wildman–Crippen MR) is 202 cm³/mol. The van der Waals surface area contributed by atoms with Crippen molar-refractivity contribution in [3.8, 4) is 33.4 Å². The number of hydrogen-bond acceptors (Lipinski definition) is 2. The van der Waals surface area contributed by atoms with Crippen LogP contribution in [0.3, 0.4) is 0 Å². The Kier molecular flexibility index (Phi) is 6.84. The van der Waals surface area contributed by atoms with E-state index in [0.717, 1.165) is 60.9 Å². The van der Waals surface area contributed by atoms with Gasteiger partial charge in [-0.15, -0.1) is 0 Å². The second-order valence-corrected chi connectivity index (χ2v) is 12.1. The second-order valence-electron chi connectivity index (χ2n) is 12.1. The molecular formula is C46H31NO. The summed E-state index contributed by atoms with van der Waals surface area (Å²) in [7, 11) is 0. The fourth-order valence-electron chi connectivity index (χ4n) is 6.91. The summed E-state index contributed by atoms with van der Waals surface area (Å²) in [5.41, 5.74) is 12.0. The molecule has 0 N–H and O–H groups in total. The normalized spacial score (nSPS) is 11.3. The summed E-state index contributed by atoms with van der Waals surface area (Å²) in [5, 5.41) is 4.47. The minimum absolute atomic E-state index is 0.883. The first kappa shape index (κ1) is 27.9. The van der Waals surface area contributed by atoms with Crippen molar-refractivity contribution >= 4 is 49.8 Å². The van der Waals surface area contributed by atoms with Crippen LogP contribution in [0.4, 0.5) is 17.1 Å². The second kappa shape index (κ2) is 11.8. The van der Waals surface area contributed by atoms with Crippen molar-refractivity contribution in [1.82, 2.24) is 0 Å².